The van der Waals surface area contributed by atoms with Gasteiger partial charge in [-0.1, -0.05) is 11.8 Å². The second-order valence-corrected chi connectivity index (χ2v) is 6.73. The van der Waals surface area contributed by atoms with Crippen molar-refractivity contribution in [2.24, 2.45) is 12.8 Å². The van der Waals surface area contributed by atoms with Crippen molar-refractivity contribution in [3.63, 3.8) is 0 Å². The minimum Gasteiger partial charge on any atom is -0.477 e. The summed E-state index contributed by atoms with van der Waals surface area (Å²) in [6.07, 6.45) is 1.53. The van der Waals surface area contributed by atoms with Crippen LogP contribution in [0, 0.1) is 0 Å². The van der Waals surface area contributed by atoms with E-state index < -0.39 is 11.5 Å². The third-order valence-electron chi connectivity index (χ3n) is 3.32. The lowest BCUT2D eigenvalue weighted by atomic mass is 9.90. The monoisotopic (exact) mass is 328 g/mol. The number of amides is 1. The van der Waals surface area contributed by atoms with Gasteiger partial charge in [0, 0.05) is 18.6 Å². The predicted molar refractivity (Wildman–Crippen MR) is 75.3 cm³/mol. The quantitative estimate of drug-likeness (QED) is 0.522. The van der Waals surface area contributed by atoms with Crippen LogP contribution in [0.5, 0.6) is 0 Å². The Morgan fingerprint density at radius 2 is 2.48 bits per heavy atom. The van der Waals surface area contributed by atoms with Crippen LogP contribution >= 0.6 is 23.5 Å². The molecule has 0 radical (unpaired) electrons. The summed E-state index contributed by atoms with van der Waals surface area (Å²) < 4.78 is 1.49. The number of aromatic nitrogens is 4. The van der Waals surface area contributed by atoms with Gasteiger partial charge in [-0.3, -0.25) is 9.69 Å². The van der Waals surface area contributed by atoms with Gasteiger partial charge >= 0.3 is 5.97 Å². The van der Waals surface area contributed by atoms with Crippen molar-refractivity contribution in [1.82, 2.24) is 25.1 Å². The molecular formula is C10H12N6O3S2. The molecule has 2 aliphatic heterocycles. The standard InChI is InChI=1S/C10H12N6O3S2/c1-15-9(12-13-14-15)21-4-10(11)7(19)16-5(6(17)18)2-3-20-8(10)16/h2,8H,3-4,11H2,1H3,(H,17,18)/t8-,10?/m0/s1. The van der Waals surface area contributed by atoms with E-state index in [-0.39, 0.29) is 17.0 Å². The molecule has 0 aliphatic carbocycles. The number of hydrogen-bond donors (Lipinski definition) is 2. The first-order valence-corrected chi connectivity index (χ1v) is 8.01. The summed E-state index contributed by atoms with van der Waals surface area (Å²) in [5, 5.41) is 20.3. The van der Waals surface area contributed by atoms with Crippen molar-refractivity contribution in [1.29, 1.82) is 0 Å². The summed E-state index contributed by atoms with van der Waals surface area (Å²) in [5.74, 6) is -0.677. The first-order chi connectivity index (χ1) is 9.95. The fourth-order valence-corrected chi connectivity index (χ4v) is 4.58. The van der Waals surface area contributed by atoms with Crippen LogP contribution < -0.4 is 5.73 Å². The van der Waals surface area contributed by atoms with E-state index in [1.165, 1.54) is 39.2 Å². The highest BCUT2D eigenvalue weighted by molar-refractivity contribution is 8.01. The summed E-state index contributed by atoms with van der Waals surface area (Å²) >= 11 is 2.73. The molecule has 0 bridgehead atoms. The van der Waals surface area contributed by atoms with Crippen LogP contribution in [0.25, 0.3) is 0 Å². The molecule has 0 spiro atoms. The number of tetrazole rings is 1. The minimum atomic E-state index is -1.11. The van der Waals surface area contributed by atoms with E-state index in [2.05, 4.69) is 15.5 Å². The molecular weight excluding hydrogens is 316 g/mol. The molecule has 3 N–H and O–H groups in total. The van der Waals surface area contributed by atoms with E-state index in [0.29, 0.717) is 16.7 Å². The second-order valence-electron chi connectivity index (χ2n) is 4.67. The van der Waals surface area contributed by atoms with Crippen molar-refractivity contribution in [2.75, 3.05) is 11.5 Å². The van der Waals surface area contributed by atoms with E-state index in [1.54, 1.807) is 7.05 Å². The number of aliphatic carboxylic acids is 1. The molecule has 2 aliphatic rings. The number of carbonyl (C=O) groups excluding carboxylic acids is 1. The molecule has 1 fully saturated rings. The highest BCUT2D eigenvalue weighted by Crippen LogP contribution is 2.44. The molecule has 3 heterocycles. The molecule has 1 amide bonds. The summed E-state index contributed by atoms with van der Waals surface area (Å²) in [4.78, 5) is 24.7. The third-order valence-corrected chi connectivity index (χ3v) is 5.86. The summed E-state index contributed by atoms with van der Waals surface area (Å²) in [7, 11) is 1.70. The number of carbonyl (C=O) groups is 2. The van der Waals surface area contributed by atoms with E-state index >= 15 is 0 Å². The Morgan fingerprint density at radius 3 is 3.10 bits per heavy atom. The molecule has 3 rings (SSSR count). The third kappa shape index (κ3) is 2.12. The maximum Gasteiger partial charge on any atom is 0.352 e. The first-order valence-electron chi connectivity index (χ1n) is 5.98. The SMILES string of the molecule is Cn1nnnc1SCC1(N)C(=O)N2C(C(=O)O)=CCS[C@H]21. The van der Waals surface area contributed by atoms with Crippen molar-refractivity contribution in [3.05, 3.63) is 11.8 Å². The van der Waals surface area contributed by atoms with Crippen molar-refractivity contribution in [3.8, 4) is 0 Å². The summed E-state index contributed by atoms with van der Waals surface area (Å²) in [6.45, 7) is 0. The topological polar surface area (TPSA) is 127 Å². The molecule has 11 heteroatoms. The molecule has 1 unspecified atom stereocenters. The van der Waals surface area contributed by atoms with Crippen LogP contribution in [0.4, 0.5) is 0 Å². The molecule has 1 aromatic heterocycles. The second kappa shape index (κ2) is 5.00. The van der Waals surface area contributed by atoms with E-state index in [1.807, 2.05) is 0 Å². The van der Waals surface area contributed by atoms with Crippen LogP contribution in [0.1, 0.15) is 0 Å². The van der Waals surface area contributed by atoms with Gasteiger partial charge in [-0.05, 0) is 16.5 Å². The number of thioether (sulfide) groups is 2. The molecule has 21 heavy (non-hydrogen) atoms. The molecule has 1 saturated heterocycles. The lowest BCUT2D eigenvalue weighted by Crippen LogP contribution is -2.78. The smallest absolute Gasteiger partial charge is 0.352 e. The van der Waals surface area contributed by atoms with E-state index in [4.69, 9.17) is 10.8 Å². The Bertz CT molecular complexity index is 646. The Hall–Kier alpha value is -1.59. The fourth-order valence-electron chi connectivity index (χ4n) is 2.23. The average Bonchev–Trinajstić information content (AvgIpc) is 2.88. The number of carboxylic acid groups (broad SMARTS) is 1. The largest absolute Gasteiger partial charge is 0.477 e. The molecule has 112 valence electrons. The number of carboxylic acids is 1. The predicted octanol–water partition coefficient (Wildman–Crippen LogP) is -1.12. The lowest BCUT2D eigenvalue weighted by molar-refractivity contribution is -0.153. The van der Waals surface area contributed by atoms with Gasteiger partial charge in [-0.15, -0.1) is 16.9 Å². The van der Waals surface area contributed by atoms with Crippen LogP contribution in [-0.2, 0) is 16.6 Å². The maximum absolute atomic E-state index is 12.3. The average molecular weight is 328 g/mol. The summed E-state index contributed by atoms with van der Waals surface area (Å²) in [6, 6.07) is 0. The van der Waals surface area contributed by atoms with Crippen molar-refractivity contribution >= 4 is 35.4 Å². The minimum absolute atomic E-state index is 0.00940. The lowest BCUT2D eigenvalue weighted by Gasteiger charge is -2.54. The highest BCUT2D eigenvalue weighted by Gasteiger charge is 2.61. The van der Waals surface area contributed by atoms with Gasteiger partial charge in [0.05, 0.1) is 0 Å². The molecule has 0 saturated carbocycles. The van der Waals surface area contributed by atoms with E-state index in [9.17, 15) is 9.59 Å². The van der Waals surface area contributed by atoms with Gasteiger partial charge in [0.15, 0.2) is 0 Å². The van der Waals surface area contributed by atoms with Gasteiger partial charge in [0.1, 0.15) is 16.6 Å². The van der Waals surface area contributed by atoms with Gasteiger partial charge in [-0.2, -0.15) is 0 Å². The Balaban J connectivity index is 1.75. The normalized spacial score (nSPS) is 27.9. The van der Waals surface area contributed by atoms with Gasteiger partial charge in [0.25, 0.3) is 5.91 Å². The van der Waals surface area contributed by atoms with Crippen LogP contribution in [-0.4, -0.2) is 64.5 Å². The number of hydrogen-bond acceptors (Lipinski definition) is 8. The van der Waals surface area contributed by atoms with Gasteiger partial charge < -0.3 is 10.8 Å². The number of aryl methyl sites for hydroxylation is 1. The van der Waals surface area contributed by atoms with Gasteiger partial charge in [-0.25, -0.2) is 9.48 Å². The van der Waals surface area contributed by atoms with Crippen LogP contribution in [0.15, 0.2) is 16.9 Å². The zero-order valence-electron chi connectivity index (χ0n) is 11.0. The molecule has 9 nitrogen and oxygen atoms in total. The number of nitrogens with zero attached hydrogens (tertiary/aromatic N) is 5. The van der Waals surface area contributed by atoms with Crippen LogP contribution in [0.2, 0.25) is 0 Å². The van der Waals surface area contributed by atoms with Crippen molar-refractivity contribution < 1.29 is 14.7 Å². The Morgan fingerprint density at radius 1 is 1.71 bits per heavy atom. The zero-order chi connectivity index (χ0) is 15.2. The van der Waals surface area contributed by atoms with Crippen LogP contribution in [0.3, 0.4) is 0 Å². The number of fused-ring (bicyclic) bond motifs is 1. The first kappa shape index (κ1) is 14.4. The Kier molecular flexibility index (Phi) is 3.42. The Labute approximate surface area is 127 Å². The summed E-state index contributed by atoms with van der Waals surface area (Å²) in [5.41, 5.74) is 5.11. The van der Waals surface area contributed by atoms with Gasteiger partial charge in [0.2, 0.25) is 5.16 Å². The van der Waals surface area contributed by atoms with E-state index in [0.717, 1.165) is 0 Å². The fraction of sp³-hybridized carbons (Fsp3) is 0.500. The maximum atomic E-state index is 12.3. The number of β-lactam (4-membered cyclic amide) rings is 1. The molecule has 2 atom stereocenters. The molecule has 0 aromatic carbocycles. The zero-order valence-corrected chi connectivity index (χ0v) is 12.6. The van der Waals surface area contributed by atoms with Crippen molar-refractivity contribution in [2.45, 2.75) is 16.1 Å². The highest BCUT2D eigenvalue weighted by atomic mass is 32.2. The number of rotatable bonds is 4. The number of nitrogens with two attached hydrogens (primary N) is 1. The molecule has 1 aromatic rings.